The highest BCUT2D eigenvalue weighted by Gasteiger charge is 2.30. The van der Waals surface area contributed by atoms with Crippen LogP contribution in [0.1, 0.15) is 62.2 Å². The fraction of sp³-hybridized carbons (Fsp3) is 0.400. The first-order valence-electron chi connectivity index (χ1n) is 12.2. The van der Waals surface area contributed by atoms with Crippen molar-refractivity contribution in [2.24, 2.45) is 0 Å². The molecule has 4 heterocycles. The number of anilines is 1. The van der Waals surface area contributed by atoms with E-state index in [1.54, 1.807) is 23.2 Å². The Morgan fingerprint density at radius 1 is 1.11 bits per heavy atom. The molecule has 1 aliphatic carbocycles. The van der Waals surface area contributed by atoms with E-state index >= 15 is 0 Å². The van der Waals surface area contributed by atoms with Crippen LogP contribution in [-0.4, -0.2) is 49.1 Å². The van der Waals surface area contributed by atoms with Crippen LogP contribution < -0.4 is 10.9 Å². The highest BCUT2D eigenvalue weighted by molar-refractivity contribution is 7.90. The number of rotatable bonds is 8. The van der Waals surface area contributed by atoms with Crippen LogP contribution in [0.2, 0.25) is 0 Å². The summed E-state index contributed by atoms with van der Waals surface area (Å²) in [7, 11) is -3.34. The minimum Gasteiger partial charge on any atom is -0.360 e. The molecule has 1 fully saturated rings. The zero-order chi connectivity index (χ0) is 26.3. The third kappa shape index (κ3) is 4.93. The highest BCUT2D eigenvalue weighted by atomic mass is 32.2. The normalized spacial score (nSPS) is 14.6. The SMILES string of the molecule is CC[C@H](C)n1c(=O)c(NCc2ccc(S(C)(=O)=O)cn2)nc2ncc(-c3c(C)ncnc3C3CC3)nc21. The largest absolute Gasteiger partial charge is 0.360 e. The van der Waals surface area contributed by atoms with Crippen molar-refractivity contribution in [3.05, 3.63) is 58.3 Å². The zero-order valence-electron chi connectivity index (χ0n) is 21.1. The van der Waals surface area contributed by atoms with E-state index in [0.717, 1.165) is 36.0 Å². The van der Waals surface area contributed by atoms with Crippen molar-refractivity contribution in [2.75, 3.05) is 11.6 Å². The summed E-state index contributed by atoms with van der Waals surface area (Å²) in [5.74, 6) is 0.525. The lowest BCUT2D eigenvalue weighted by molar-refractivity contribution is 0.526. The number of nitrogens with zero attached hydrogens (tertiary/aromatic N) is 7. The van der Waals surface area contributed by atoms with E-state index in [1.807, 2.05) is 20.8 Å². The Morgan fingerprint density at radius 3 is 2.54 bits per heavy atom. The van der Waals surface area contributed by atoms with Gasteiger partial charge in [0.05, 0.1) is 40.4 Å². The minimum atomic E-state index is -3.34. The molecule has 192 valence electrons. The van der Waals surface area contributed by atoms with Crippen LogP contribution in [0.15, 0.2) is 40.5 Å². The van der Waals surface area contributed by atoms with Gasteiger partial charge in [-0.05, 0) is 45.2 Å². The molecule has 37 heavy (non-hydrogen) atoms. The van der Waals surface area contributed by atoms with Gasteiger partial charge < -0.3 is 5.32 Å². The van der Waals surface area contributed by atoms with Crippen LogP contribution in [0.3, 0.4) is 0 Å². The zero-order valence-corrected chi connectivity index (χ0v) is 21.9. The first-order valence-corrected chi connectivity index (χ1v) is 14.1. The molecule has 0 aromatic carbocycles. The molecule has 0 aliphatic heterocycles. The molecule has 0 unspecified atom stereocenters. The van der Waals surface area contributed by atoms with E-state index in [9.17, 15) is 13.2 Å². The molecule has 5 rings (SSSR count). The molecule has 0 radical (unpaired) electrons. The van der Waals surface area contributed by atoms with E-state index < -0.39 is 9.84 Å². The van der Waals surface area contributed by atoms with Crippen molar-refractivity contribution in [2.45, 2.75) is 63.4 Å². The monoisotopic (exact) mass is 520 g/mol. The Morgan fingerprint density at radius 2 is 1.89 bits per heavy atom. The number of nitrogens with one attached hydrogen (secondary N) is 1. The summed E-state index contributed by atoms with van der Waals surface area (Å²) in [6, 6.07) is 2.94. The second-order valence-electron chi connectivity index (χ2n) is 9.40. The third-order valence-corrected chi connectivity index (χ3v) is 7.68. The average molecular weight is 521 g/mol. The van der Waals surface area contributed by atoms with Crippen LogP contribution in [0.25, 0.3) is 22.6 Å². The molecule has 0 bridgehead atoms. The number of aryl methyl sites for hydroxylation is 1. The Hall–Kier alpha value is -3.80. The number of hydrogen-bond acceptors (Lipinski definition) is 10. The van der Waals surface area contributed by atoms with Crippen LogP contribution in [-0.2, 0) is 16.4 Å². The quantitative estimate of drug-likeness (QED) is 0.367. The van der Waals surface area contributed by atoms with Crippen LogP contribution in [0, 0.1) is 6.92 Å². The molecule has 0 spiro atoms. The standard InChI is InChI=1S/C25H28N8O3S/c1-5-14(2)33-24-22(28-12-19(31-24)20-15(3)29-13-30-21(20)16-6-7-16)32-23(25(33)34)27-10-17-8-9-18(11-26-17)37(4,35)36/h8-9,11-14,16H,5-7,10H2,1-4H3,(H,27,28,32)/t14-/m0/s1. The number of fused-ring (bicyclic) bond motifs is 1. The fourth-order valence-corrected chi connectivity index (χ4v) is 4.75. The maximum absolute atomic E-state index is 13.5. The van der Waals surface area contributed by atoms with Gasteiger partial charge in [0.1, 0.15) is 6.33 Å². The lowest BCUT2D eigenvalue weighted by Crippen LogP contribution is -2.28. The number of pyridine rings is 1. The van der Waals surface area contributed by atoms with E-state index in [4.69, 9.17) is 4.98 Å². The first-order chi connectivity index (χ1) is 17.7. The van der Waals surface area contributed by atoms with Crippen molar-refractivity contribution in [3.8, 4) is 11.3 Å². The predicted molar refractivity (Wildman–Crippen MR) is 139 cm³/mol. The molecule has 4 aromatic heterocycles. The van der Waals surface area contributed by atoms with Crippen LogP contribution in [0.4, 0.5) is 5.82 Å². The highest BCUT2D eigenvalue weighted by Crippen LogP contribution is 2.43. The van der Waals surface area contributed by atoms with Gasteiger partial charge in [-0.2, -0.15) is 0 Å². The van der Waals surface area contributed by atoms with Gasteiger partial charge in [0.2, 0.25) is 0 Å². The summed E-state index contributed by atoms with van der Waals surface area (Å²) in [5, 5.41) is 3.04. The molecule has 4 aromatic rings. The Bertz CT molecular complexity index is 1650. The Balaban J connectivity index is 1.55. The van der Waals surface area contributed by atoms with Gasteiger partial charge in [-0.3, -0.25) is 14.3 Å². The summed E-state index contributed by atoms with van der Waals surface area (Å²) >= 11 is 0. The van der Waals surface area contributed by atoms with Crippen molar-refractivity contribution >= 4 is 26.9 Å². The molecule has 0 amide bonds. The predicted octanol–water partition coefficient (Wildman–Crippen LogP) is 3.21. The van der Waals surface area contributed by atoms with Gasteiger partial charge in [-0.25, -0.2) is 33.3 Å². The smallest absolute Gasteiger partial charge is 0.295 e. The molecule has 1 aliphatic rings. The average Bonchev–Trinajstić information content (AvgIpc) is 3.72. The third-order valence-electron chi connectivity index (χ3n) is 6.58. The maximum Gasteiger partial charge on any atom is 0.295 e. The van der Waals surface area contributed by atoms with Gasteiger partial charge in [-0.1, -0.05) is 6.92 Å². The lowest BCUT2D eigenvalue weighted by atomic mass is 10.1. The van der Waals surface area contributed by atoms with E-state index in [1.165, 1.54) is 12.3 Å². The number of aromatic nitrogens is 7. The van der Waals surface area contributed by atoms with Gasteiger partial charge in [0.25, 0.3) is 5.56 Å². The summed E-state index contributed by atoms with van der Waals surface area (Å²) in [4.78, 5) is 40.7. The van der Waals surface area contributed by atoms with Gasteiger partial charge >= 0.3 is 0 Å². The molecule has 11 nitrogen and oxygen atoms in total. The minimum absolute atomic E-state index is 0.127. The van der Waals surface area contributed by atoms with Gasteiger partial charge in [-0.15, -0.1) is 0 Å². The van der Waals surface area contributed by atoms with Crippen molar-refractivity contribution in [1.29, 1.82) is 0 Å². The topological polar surface area (TPSA) is 146 Å². The van der Waals surface area contributed by atoms with E-state index in [2.05, 4.69) is 30.2 Å². The van der Waals surface area contributed by atoms with Crippen molar-refractivity contribution < 1.29 is 8.42 Å². The number of hydrogen-bond donors (Lipinski definition) is 1. The van der Waals surface area contributed by atoms with Gasteiger partial charge in [0.15, 0.2) is 26.9 Å². The molecule has 0 saturated heterocycles. The molecular formula is C25H28N8O3S. The summed E-state index contributed by atoms with van der Waals surface area (Å²) in [5.41, 5.74) is 4.29. The number of sulfone groups is 1. The Labute approximate surface area is 214 Å². The summed E-state index contributed by atoms with van der Waals surface area (Å²) in [6.07, 6.45) is 8.56. The molecule has 12 heteroatoms. The molecule has 1 N–H and O–H groups in total. The fourth-order valence-electron chi connectivity index (χ4n) is 4.19. The van der Waals surface area contributed by atoms with Crippen molar-refractivity contribution in [1.82, 2.24) is 34.5 Å². The molecule has 1 atom stereocenters. The van der Waals surface area contributed by atoms with Gasteiger partial charge in [0, 0.05) is 30.0 Å². The maximum atomic E-state index is 13.5. The second-order valence-corrected chi connectivity index (χ2v) is 11.4. The summed E-state index contributed by atoms with van der Waals surface area (Å²) < 4.78 is 25.0. The lowest BCUT2D eigenvalue weighted by Gasteiger charge is -2.18. The Kier molecular flexibility index (Phi) is 6.44. The van der Waals surface area contributed by atoms with Crippen LogP contribution >= 0.6 is 0 Å². The van der Waals surface area contributed by atoms with Crippen molar-refractivity contribution in [3.63, 3.8) is 0 Å². The van der Waals surface area contributed by atoms with Crippen LogP contribution in [0.5, 0.6) is 0 Å². The summed E-state index contributed by atoms with van der Waals surface area (Å²) in [6.45, 7) is 6.08. The molecule has 1 saturated carbocycles. The molecular weight excluding hydrogens is 492 g/mol. The second kappa shape index (κ2) is 9.58. The first kappa shape index (κ1) is 24.9. The van der Waals surface area contributed by atoms with E-state index in [0.29, 0.717) is 35.0 Å². The van der Waals surface area contributed by atoms with E-state index in [-0.39, 0.29) is 28.9 Å².